The number of hydrogen-bond donors (Lipinski definition) is 1. The first-order valence-electron chi connectivity index (χ1n) is 5.08. The molecule has 3 rings (SSSR count). The molecule has 0 radical (unpaired) electrons. The second kappa shape index (κ2) is 3.72. The Morgan fingerprint density at radius 2 is 1.88 bits per heavy atom. The van der Waals surface area contributed by atoms with Gasteiger partial charge >= 0.3 is 0 Å². The van der Waals surface area contributed by atoms with Crippen molar-refractivity contribution in [2.75, 3.05) is 0 Å². The largest absolute Gasteiger partial charge is 0.365 e. The zero-order valence-corrected chi connectivity index (χ0v) is 10.3. The van der Waals surface area contributed by atoms with Gasteiger partial charge in [-0.15, -0.1) is 11.3 Å². The van der Waals surface area contributed by atoms with Gasteiger partial charge in [0.15, 0.2) is 0 Å². The molecule has 3 aromatic rings. The highest BCUT2D eigenvalue weighted by atomic mass is 35.5. The van der Waals surface area contributed by atoms with Gasteiger partial charge < -0.3 is 5.73 Å². The summed E-state index contributed by atoms with van der Waals surface area (Å²) in [6.45, 7) is 0. The number of halogens is 1. The van der Waals surface area contributed by atoms with Crippen LogP contribution in [0.2, 0.25) is 5.02 Å². The summed E-state index contributed by atoms with van der Waals surface area (Å²) in [5, 5.41) is 3.59. The van der Waals surface area contributed by atoms with Crippen molar-refractivity contribution in [1.29, 1.82) is 0 Å². The molecule has 2 N–H and O–H groups in total. The third kappa shape index (κ3) is 1.51. The Kier molecular flexibility index (Phi) is 2.31. The number of thiophene rings is 1. The van der Waals surface area contributed by atoms with Crippen LogP contribution in [0.25, 0.3) is 20.9 Å². The number of hydrogen-bond acceptors (Lipinski definition) is 2. The third-order valence-electron chi connectivity index (χ3n) is 2.74. The molecular weight excluding hydrogens is 254 g/mol. The number of rotatable bonds is 1. The van der Waals surface area contributed by atoms with Gasteiger partial charge in [-0.05, 0) is 10.8 Å². The van der Waals surface area contributed by atoms with Gasteiger partial charge in [0.25, 0.3) is 5.91 Å². The van der Waals surface area contributed by atoms with E-state index < -0.39 is 5.91 Å². The Morgan fingerprint density at radius 3 is 2.65 bits per heavy atom. The number of carbonyl (C=O) groups is 1. The summed E-state index contributed by atoms with van der Waals surface area (Å²) in [5.41, 5.74) is 5.31. The van der Waals surface area contributed by atoms with Gasteiger partial charge in [0.05, 0.1) is 5.02 Å². The Balaban J connectivity index is 2.51. The first kappa shape index (κ1) is 10.6. The molecule has 0 saturated carbocycles. The fraction of sp³-hybridized carbons (Fsp3) is 0. The van der Waals surface area contributed by atoms with Crippen LogP contribution in [0.3, 0.4) is 0 Å². The van der Waals surface area contributed by atoms with Crippen LogP contribution in [-0.2, 0) is 0 Å². The molecule has 0 atom stereocenters. The molecule has 2 nitrogen and oxygen atoms in total. The van der Waals surface area contributed by atoms with E-state index >= 15 is 0 Å². The van der Waals surface area contributed by atoms with Gasteiger partial charge in [-0.2, -0.15) is 0 Å². The lowest BCUT2D eigenvalue weighted by atomic mass is 10.1. The molecule has 1 heterocycles. The maximum Gasteiger partial charge on any atom is 0.260 e. The van der Waals surface area contributed by atoms with E-state index in [1.807, 2.05) is 36.4 Å². The minimum absolute atomic E-state index is 0.429. The summed E-state index contributed by atoms with van der Waals surface area (Å²) in [6, 6.07) is 11.9. The van der Waals surface area contributed by atoms with Gasteiger partial charge in [0.2, 0.25) is 0 Å². The molecule has 17 heavy (non-hydrogen) atoms. The number of primary amides is 1. The lowest BCUT2D eigenvalue weighted by Gasteiger charge is -1.98. The van der Waals surface area contributed by atoms with E-state index in [-0.39, 0.29) is 0 Å². The predicted molar refractivity (Wildman–Crippen MR) is 72.9 cm³/mol. The van der Waals surface area contributed by atoms with Crippen molar-refractivity contribution in [3.05, 3.63) is 46.3 Å². The smallest absolute Gasteiger partial charge is 0.260 e. The van der Waals surface area contributed by atoms with Crippen molar-refractivity contribution in [3.8, 4) is 0 Å². The fourth-order valence-electron chi connectivity index (χ4n) is 1.95. The number of benzene rings is 2. The Hall–Kier alpha value is -1.58. The highest BCUT2D eigenvalue weighted by Gasteiger charge is 2.15. The normalized spacial score (nSPS) is 11.1. The summed E-state index contributed by atoms with van der Waals surface area (Å²) in [6.07, 6.45) is 0. The zero-order chi connectivity index (χ0) is 12.0. The average Bonchev–Trinajstić information content (AvgIpc) is 2.67. The Morgan fingerprint density at radius 1 is 1.12 bits per heavy atom. The van der Waals surface area contributed by atoms with Crippen LogP contribution in [0, 0.1) is 0 Å². The molecular formula is C13H8ClNOS. The average molecular weight is 262 g/mol. The van der Waals surface area contributed by atoms with Crippen LogP contribution >= 0.6 is 22.9 Å². The fourth-order valence-corrected chi connectivity index (χ4v) is 3.46. The standard InChI is InChI=1S/C13H8ClNOS/c14-10-9-6-5-7-3-1-2-4-8(7)11(9)17-12(10)13(15)16/h1-6H,(H2,15,16). The molecule has 4 heteroatoms. The van der Waals surface area contributed by atoms with Gasteiger partial charge in [-0.25, -0.2) is 0 Å². The van der Waals surface area contributed by atoms with Crippen molar-refractivity contribution in [1.82, 2.24) is 0 Å². The molecule has 1 amide bonds. The minimum atomic E-state index is -0.472. The van der Waals surface area contributed by atoms with Gasteiger partial charge in [0, 0.05) is 10.1 Å². The second-order valence-electron chi connectivity index (χ2n) is 3.77. The summed E-state index contributed by atoms with van der Waals surface area (Å²) < 4.78 is 1.02. The van der Waals surface area contributed by atoms with Crippen molar-refractivity contribution in [2.45, 2.75) is 0 Å². The van der Waals surface area contributed by atoms with E-state index in [0.29, 0.717) is 9.90 Å². The maximum absolute atomic E-state index is 11.3. The quantitative estimate of drug-likeness (QED) is 0.711. The Bertz CT molecular complexity index is 748. The van der Waals surface area contributed by atoms with Crippen molar-refractivity contribution < 1.29 is 4.79 Å². The first-order chi connectivity index (χ1) is 8.18. The summed E-state index contributed by atoms with van der Waals surface area (Å²) in [4.78, 5) is 11.7. The highest BCUT2D eigenvalue weighted by molar-refractivity contribution is 7.22. The maximum atomic E-state index is 11.3. The number of nitrogens with two attached hydrogens (primary N) is 1. The lowest BCUT2D eigenvalue weighted by molar-refractivity contribution is 0.100. The minimum Gasteiger partial charge on any atom is -0.365 e. The second-order valence-corrected chi connectivity index (χ2v) is 5.17. The van der Waals surface area contributed by atoms with Crippen LogP contribution in [0.15, 0.2) is 36.4 Å². The molecule has 2 aromatic carbocycles. The zero-order valence-electron chi connectivity index (χ0n) is 8.74. The van der Waals surface area contributed by atoms with E-state index in [1.54, 1.807) is 0 Å². The molecule has 0 unspecified atom stereocenters. The molecule has 1 aromatic heterocycles. The lowest BCUT2D eigenvalue weighted by Crippen LogP contribution is -2.08. The van der Waals surface area contributed by atoms with Gasteiger partial charge in [-0.3, -0.25) is 4.79 Å². The molecule has 0 spiro atoms. The van der Waals surface area contributed by atoms with Crippen LogP contribution in [0.5, 0.6) is 0 Å². The highest BCUT2D eigenvalue weighted by Crippen LogP contribution is 2.39. The monoisotopic (exact) mass is 261 g/mol. The van der Waals surface area contributed by atoms with Crippen LogP contribution in [0.1, 0.15) is 9.67 Å². The Labute approximate surface area is 107 Å². The third-order valence-corrected chi connectivity index (χ3v) is 4.50. The van der Waals surface area contributed by atoms with Crippen LogP contribution in [0.4, 0.5) is 0 Å². The topological polar surface area (TPSA) is 43.1 Å². The van der Waals surface area contributed by atoms with E-state index in [1.165, 1.54) is 11.3 Å². The van der Waals surface area contributed by atoms with Gasteiger partial charge in [0.1, 0.15) is 4.88 Å². The molecule has 0 aliphatic heterocycles. The van der Waals surface area contributed by atoms with Gasteiger partial charge in [-0.1, -0.05) is 48.0 Å². The van der Waals surface area contributed by atoms with Crippen LogP contribution < -0.4 is 5.73 Å². The van der Waals surface area contributed by atoms with E-state index in [9.17, 15) is 4.79 Å². The molecule has 0 aliphatic rings. The van der Waals surface area contributed by atoms with E-state index in [4.69, 9.17) is 17.3 Å². The molecule has 0 fully saturated rings. The molecule has 0 bridgehead atoms. The number of amides is 1. The summed E-state index contributed by atoms with van der Waals surface area (Å²) in [5.74, 6) is -0.472. The van der Waals surface area contributed by atoms with Crippen molar-refractivity contribution in [2.24, 2.45) is 5.73 Å². The molecule has 84 valence electrons. The van der Waals surface area contributed by atoms with E-state index in [2.05, 4.69) is 0 Å². The van der Waals surface area contributed by atoms with Crippen LogP contribution in [-0.4, -0.2) is 5.91 Å². The van der Waals surface area contributed by atoms with Crippen molar-refractivity contribution >= 4 is 49.7 Å². The van der Waals surface area contributed by atoms with E-state index in [0.717, 1.165) is 20.9 Å². The predicted octanol–water partition coefficient (Wildman–Crippen LogP) is 3.81. The van der Waals surface area contributed by atoms with Crippen molar-refractivity contribution in [3.63, 3.8) is 0 Å². The summed E-state index contributed by atoms with van der Waals surface area (Å²) in [7, 11) is 0. The molecule has 0 saturated heterocycles. The SMILES string of the molecule is NC(=O)c1sc2c(ccc3ccccc32)c1Cl. The first-order valence-corrected chi connectivity index (χ1v) is 6.27. The molecule has 0 aliphatic carbocycles. The summed E-state index contributed by atoms with van der Waals surface area (Å²) >= 11 is 7.52. The number of fused-ring (bicyclic) bond motifs is 3. The number of carbonyl (C=O) groups excluding carboxylic acids is 1.